The van der Waals surface area contributed by atoms with Gasteiger partial charge in [-0.25, -0.2) is 4.98 Å². The van der Waals surface area contributed by atoms with Crippen molar-refractivity contribution in [1.29, 1.82) is 0 Å². The van der Waals surface area contributed by atoms with Gasteiger partial charge >= 0.3 is 0 Å². The zero-order valence-electron chi connectivity index (χ0n) is 16.1. The Labute approximate surface area is 153 Å². The summed E-state index contributed by atoms with van der Waals surface area (Å²) in [4.78, 5) is 17.2. The third kappa shape index (κ3) is 3.52. The van der Waals surface area contributed by atoms with Crippen LogP contribution in [-0.2, 0) is 36.0 Å². The molecule has 0 aromatic carbocycles. The molecular weight excluding hydrogens is 334 g/mol. The molecule has 8 nitrogen and oxygen atoms in total. The van der Waals surface area contributed by atoms with Crippen molar-refractivity contribution >= 4 is 5.91 Å². The molecule has 8 heteroatoms. The first-order valence-electron chi connectivity index (χ1n) is 8.91. The van der Waals surface area contributed by atoms with Crippen LogP contribution in [0.4, 0.5) is 0 Å². The molecule has 0 radical (unpaired) electrons. The fraction of sp³-hybridized carbons (Fsp3) is 0.611. The Bertz CT molecular complexity index is 795. The molecule has 1 N–H and O–H groups in total. The van der Waals surface area contributed by atoms with E-state index in [2.05, 4.69) is 15.4 Å². The van der Waals surface area contributed by atoms with Gasteiger partial charge in [-0.2, -0.15) is 5.10 Å². The van der Waals surface area contributed by atoms with Gasteiger partial charge in [-0.05, 0) is 20.8 Å². The number of hydrogen-bond donors (Lipinski definition) is 1. The molecule has 3 heterocycles. The number of carbonyl (C=O) groups is 1. The normalized spacial score (nSPS) is 19.4. The van der Waals surface area contributed by atoms with Crippen molar-refractivity contribution in [3.05, 3.63) is 34.7 Å². The van der Waals surface area contributed by atoms with E-state index in [-0.39, 0.29) is 18.1 Å². The van der Waals surface area contributed by atoms with Crippen LogP contribution in [0.15, 0.2) is 6.20 Å². The van der Waals surface area contributed by atoms with Crippen LogP contribution in [0.2, 0.25) is 0 Å². The van der Waals surface area contributed by atoms with Crippen molar-refractivity contribution in [1.82, 2.24) is 24.6 Å². The van der Waals surface area contributed by atoms with E-state index in [0.717, 1.165) is 22.8 Å². The first-order valence-corrected chi connectivity index (χ1v) is 8.91. The van der Waals surface area contributed by atoms with Gasteiger partial charge in [0.15, 0.2) is 0 Å². The lowest BCUT2D eigenvalue weighted by Crippen LogP contribution is -2.29. The number of aryl methyl sites for hydroxylation is 1. The minimum Gasteiger partial charge on any atom is -0.383 e. The van der Waals surface area contributed by atoms with Gasteiger partial charge in [0, 0.05) is 26.1 Å². The Hall–Kier alpha value is -2.19. The van der Waals surface area contributed by atoms with E-state index in [9.17, 15) is 4.79 Å². The molecule has 0 saturated carbocycles. The summed E-state index contributed by atoms with van der Waals surface area (Å²) in [6.07, 6.45) is 2.40. The number of ether oxygens (including phenoxy) is 2. The molecule has 1 aliphatic rings. The molecule has 1 amide bonds. The van der Waals surface area contributed by atoms with Gasteiger partial charge in [-0.1, -0.05) is 0 Å². The molecule has 3 rings (SSSR count). The van der Waals surface area contributed by atoms with Gasteiger partial charge in [-0.15, -0.1) is 0 Å². The average molecular weight is 361 g/mol. The van der Waals surface area contributed by atoms with E-state index in [0.29, 0.717) is 31.8 Å². The monoisotopic (exact) mass is 361 g/mol. The summed E-state index contributed by atoms with van der Waals surface area (Å²) >= 11 is 0. The number of carbonyl (C=O) groups excluding carboxylic acids is 1. The SMILES string of the molecule is COCCn1nc2c(c1C(=O)NCc1cnc(C)n1C)C[C@H](C)O[C@@H]2C. The third-order valence-corrected chi connectivity index (χ3v) is 4.86. The number of aromatic nitrogens is 4. The van der Waals surface area contributed by atoms with Crippen LogP contribution in [0.5, 0.6) is 0 Å². The number of amides is 1. The van der Waals surface area contributed by atoms with Gasteiger partial charge in [-0.3, -0.25) is 9.48 Å². The number of rotatable bonds is 6. The zero-order chi connectivity index (χ0) is 18.8. The van der Waals surface area contributed by atoms with Gasteiger partial charge in [0.05, 0.1) is 49.5 Å². The van der Waals surface area contributed by atoms with E-state index in [1.54, 1.807) is 18.0 Å². The van der Waals surface area contributed by atoms with Crippen molar-refractivity contribution in [2.75, 3.05) is 13.7 Å². The molecule has 2 atom stereocenters. The summed E-state index contributed by atoms with van der Waals surface area (Å²) < 4.78 is 14.7. The van der Waals surface area contributed by atoms with Gasteiger partial charge in [0.1, 0.15) is 11.5 Å². The minimum absolute atomic E-state index is 0.0591. The molecule has 142 valence electrons. The summed E-state index contributed by atoms with van der Waals surface area (Å²) in [5, 5.41) is 7.64. The van der Waals surface area contributed by atoms with Crippen molar-refractivity contribution < 1.29 is 14.3 Å². The maximum absolute atomic E-state index is 13.0. The average Bonchev–Trinajstić information content (AvgIpc) is 3.12. The van der Waals surface area contributed by atoms with Gasteiger partial charge < -0.3 is 19.4 Å². The van der Waals surface area contributed by atoms with Gasteiger partial charge in [0.25, 0.3) is 5.91 Å². The number of nitrogens with zero attached hydrogens (tertiary/aromatic N) is 4. The predicted octanol–water partition coefficient (Wildman–Crippen LogP) is 1.52. The van der Waals surface area contributed by atoms with Crippen molar-refractivity contribution in [2.24, 2.45) is 7.05 Å². The van der Waals surface area contributed by atoms with E-state index in [4.69, 9.17) is 9.47 Å². The van der Waals surface area contributed by atoms with Crippen LogP contribution < -0.4 is 5.32 Å². The van der Waals surface area contributed by atoms with Crippen molar-refractivity contribution in [3.8, 4) is 0 Å². The Morgan fingerprint density at radius 1 is 1.46 bits per heavy atom. The van der Waals surface area contributed by atoms with Gasteiger partial charge in [0.2, 0.25) is 0 Å². The molecule has 2 aromatic rings. The van der Waals surface area contributed by atoms with E-state index in [1.165, 1.54) is 0 Å². The van der Waals surface area contributed by atoms with Crippen LogP contribution in [0, 0.1) is 6.92 Å². The van der Waals surface area contributed by atoms with Crippen LogP contribution in [-0.4, -0.2) is 45.1 Å². The summed E-state index contributed by atoms with van der Waals surface area (Å²) in [5.74, 6) is 0.784. The van der Waals surface area contributed by atoms with Crippen molar-refractivity contribution in [3.63, 3.8) is 0 Å². The zero-order valence-corrected chi connectivity index (χ0v) is 16.1. The number of fused-ring (bicyclic) bond motifs is 1. The summed E-state index contributed by atoms with van der Waals surface area (Å²) in [6, 6.07) is 0. The standard InChI is InChI=1S/C18H27N5O3/c1-11-8-15-16(12(2)26-11)21-23(6-7-25-5)17(15)18(24)20-10-14-9-19-13(3)22(14)4/h9,11-12H,6-8,10H2,1-5H3,(H,20,24)/t11-,12+/m0/s1. The van der Waals surface area contributed by atoms with Crippen LogP contribution in [0.1, 0.15) is 53.2 Å². The molecule has 2 aromatic heterocycles. The number of hydrogen-bond acceptors (Lipinski definition) is 5. The molecule has 0 spiro atoms. The highest BCUT2D eigenvalue weighted by molar-refractivity contribution is 5.94. The highest BCUT2D eigenvalue weighted by Gasteiger charge is 2.32. The lowest BCUT2D eigenvalue weighted by molar-refractivity contribution is -0.00716. The van der Waals surface area contributed by atoms with Crippen LogP contribution in [0.25, 0.3) is 0 Å². The number of imidazole rings is 1. The lowest BCUT2D eigenvalue weighted by Gasteiger charge is -2.24. The largest absolute Gasteiger partial charge is 0.383 e. The Balaban J connectivity index is 1.86. The van der Waals surface area contributed by atoms with E-state index in [1.807, 2.05) is 32.4 Å². The number of nitrogens with one attached hydrogen (secondary N) is 1. The Kier molecular flexibility index (Phi) is 5.43. The Morgan fingerprint density at radius 3 is 2.88 bits per heavy atom. The summed E-state index contributed by atoms with van der Waals surface area (Å²) in [5.41, 5.74) is 3.39. The fourth-order valence-electron chi connectivity index (χ4n) is 3.36. The maximum Gasteiger partial charge on any atom is 0.270 e. The van der Waals surface area contributed by atoms with Crippen LogP contribution in [0.3, 0.4) is 0 Å². The van der Waals surface area contributed by atoms with E-state index < -0.39 is 0 Å². The van der Waals surface area contributed by atoms with Crippen LogP contribution >= 0.6 is 0 Å². The molecule has 0 bridgehead atoms. The smallest absolute Gasteiger partial charge is 0.270 e. The minimum atomic E-state index is -0.130. The predicted molar refractivity (Wildman–Crippen MR) is 95.9 cm³/mol. The second kappa shape index (κ2) is 7.59. The molecule has 0 unspecified atom stereocenters. The lowest BCUT2D eigenvalue weighted by atomic mass is 9.99. The second-order valence-corrected chi connectivity index (χ2v) is 6.76. The Morgan fingerprint density at radius 2 is 2.23 bits per heavy atom. The molecular formula is C18H27N5O3. The van der Waals surface area contributed by atoms with E-state index >= 15 is 0 Å². The molecule has 0 fully saturated rings. The summed E-state index contributed by atoms with van der Waals surface area (Å²) in [6.45, 7) is 7.37. The maximum atomic E-state index is 13.0. The quantitative estimate of drug-likeness (QED) is 0.843. The highest BCUT2D eigenvalue weighted by atomic mass is 16.5. The first kappa shape index (κ1) is 18.6. The van der Waals surface area contributed by atoms with Crippen molar-refractivity contribution in [2.45, 2.75) is 52.5 Å². The third-order valence-electron chi connectivity index (χ3n) is 4.86. The second-order valence-electron chi connectivity index (χ2n) is 6.76. The number of methoxy groups -OCH3 is 1. The molecule has 0 aliphatic carbocycles. The molecule has 1 aliphatic heterocycles. The first-order chi connectivity index (χ1) is 12.4. The molecule has 26 heavy (non-hydrogen) atoms. The molecule has 0 saturated heterocycles. The fourth-order valence-corrected chi connectivity index (χ4v) is 3.36. The summed E-state index contributed by atoms with van der Waals surface area (Å²) in [7, 11) is 3.58. The topological polar surface area (TPSA) is 83.2 Å². The highest BCUT2D eigenvalue weighted by Crippen LogP contribution is 2.31.